The van der Waals surface area contributed by atoms with Crippen molar-refractivity contribution in [1.82, 2.24) is 29.7 Å². The molecule has 4 heterocycles. The fourth-order valence-corrected chi connectivity index (χ4v) is 4.74. The van der Waals surface area contributed by atoms with Gasteiger partial charge in [0.15, 0.2) is 0 Å². The van der Waals surface area contributed by atoms with Crippen molar-refractivity contribution in [1.29, 1.82) is 0 Å². The third-order valence-corrected chi connectivity index (χ3v) is 6.46. The molecule has 0 bridgehead atoms. The highest BCUT2D eigenvalue weighted by atomic mass is 16.5. The number of aromatic nitrogens is 4. The fraction of sp³-hybridized carbons (Fsp3) is 0.500. The van der Waals surface area contributed by atoms with Crippen molar-refractivity contribution < 1.29 is 9.53 Å². The molecule has 1 aliphatic carbocycles. The molecule has 2 aliphatic rings. The summed E-state index contributed by atoms with van der Waals surface area (Å²) in [4.78, 5) is 28.2. The summed E-state index contributed by atoms with van der Waals surface area (Å²) < 4.78 is 8.15. The van der Waals surface area contributed by atoms with Crippen LogP contribution in [0.4, 0.5) is 11.8 Å². The zero-order valence-corrected chi connectivity index (χ0v) is 19.3. The summed E-state index contributed by atoms with van der Waals surface area (Å²) in [6.45, 7) is 1.98. The molecule has 2 fully saturated rings. The second kappa shape index (κ2) is 9.35. The van der Waals surface area contributed by atoms with Gasteiger partial charge in [-0.15, -0.1) is 0 Å². The Labute approximate surface area is 193 Å². The number of rotatable bonds is 6. The molecule has 0 aromatic carbocycles. The fourth-order valence-electron chi connectivity index (χ4n) is 4.74. The highest BCUT2D eigenvalue weighted by molar-refractivity contribution is 5.97. The Kier molecular flexibility index (Phi) is 6.13. The number of pyridine rings is 1. The number of hydrogen-bond donors (Lipinski definition) is 2. The van der Waals surface area contributed by atoms with Crippen LogP contribution in [0.2, 0.25) is 0 Å². The average Bonchev–Trinajstić information content (AvgIpc) is 3.48. The number of hydrogen-bond acceptors (Lipinski definition) is 7. The van der Waals surface area contributed by atoms with Crippen LogP contribution in [-0.4, -0.2) is 63.6 Å². The van der Waals surface area contributed by atoms with Gasteiger partial charge < -0.3 is 24.8 Å². The summed E-state index contributed by atoms with van der Waals surface area (Å²) in [7, 11) is 3.56. The van der Waals surface area contributed by atoms with E-state index in [0.29, 0.717) is 17.5 Å². The van der Waals surface area contributed by atoms with Gasteiger partial charge in [-0.3, -0.25) is 4.79 Å². The van der Waals surface area contributed by atoms with Crippen LogP contribution >= 0.6 is 0 Å². The lowest BCUT2D eigenvalue weighted by molar-refractivity contribution is 0.0815. The highest BCUT2D eigenvalue weighted by Crippen LogP contribution is 2.35. The smallest absolute Gasteiger partial charge is 0.270 e. The van der Waals surface area contributed by atoms with E-state index in [1.54, 1.807) is 31.4 Å². The van der Waals surface area contributed by atoms with Crippen LogP contribution < -0.4 is 15.4 Å². The first-order valence-corrected chi connectivity index (χ1v) is 11.8. The Balaban J connectivity index is 1.38. The third-order valence-electron chi connectivity index (χ3n) is 6.46. The largest absolute Gasteiger partial charge is 0.489 e. The SMILES string of the molecule is CN(C)C(=O)c1cc2cnc(Nc3ccc(OC4CCNCC4)cn3)nc2n1C1CCCC1. The lowest BCUT2D eigenvalue weighted by atomic mass is 10.1. The molecule has 9 nitrogen and oxygen atoms in total. The van der Waals surface area contributed by atoms with Gasteiger partial charge in [0.25, 0.3) is 5.91 Å². The van der Waals surface area contributed by atoms with Gasteiger partial charge in [0, 0.05) is 31.7 Å². The molecular formula is C24H31N7O2. The summed E-state index contributed by atoms with van der Waals surface area (Å²) in [5.74, 6) is 1.87. The van der Waals surface area contributed by atoms with Gasteiger partial charge in [-0.05, 0) is 57.0 Å². The highest BCUT2D eigenvalue weighted by Gasteiger charge is 2.26. The minimum absolute atomic E-state index is 0.0135. The summed E-state index contributed by atoms with van der Waals surface area (Å²) in [6.07, 6.45) is 10.2. The Morgan fingerprint density at radius 2 is 1.91 bits per heavy atom. The Morgan fingerprint density at radius 3 is 2.61 bits per heavy atom. The van der Waals surface area contributed by atoms with Crippen molar-refractivity contribution in [2.45, 2.75) is 50.7 Å². The number of ether oxygens (including phenoxy) is 1. The van der Waals surface area contributed by atoms with Crippen LogP contribution in [0, 0.1) is 0 Å². The first-order valence-electron chi connectivity index (χ1n) is 11.8. The number of fused-ring (bicyclic) bond motifs is 1. The van der Waals surface area contributed by atoms with Crippen LogP contribution in [0.25, 0.3) is 11.0 Å². The minimum Gasteiger partial charge on any atom is -0.489 e. The molecule has 1 saturated heterocycles. The molecule has 0 atom stereocenters. The second-order valence-corrected chi connectivity index (χ2v) is 9.08. The summed E-state index contributed by atoms with van der Waals surface area (Å²) in [5, 5.41) is 7.41. The maximum Gasteiger partial charge on any atom is 0.270 e. The van der Waals surface area contributed by atoms with E-state index in [1.165, 1.54) is 12.8 Å². The molecule has 0 spiro atoms. The standard InChI is InChI=1S/C24H31N7O2/c1-30(2)23(32)20-13-16-14-27-24(29-22(16)31(20)17-5-3-4-6-17)28-21-8-7-19(15-26-21)33-18-9-11-25-12-10-18/h7-8,13-15,17-18,25H,3-6,9-12H2,1-2H3,(H,26,27,28,29). The van der Waals surface area contributed by atoms with E-state index in [9.17, 15) is 4.79 Å². The van der Waals surface area contributed by atoms with Crippen LogP contribution in [0.5, 0.6) is 5.75 Å². The zero-order valence-electron chi connectivity index (χ0n) is 19.3. The van der Waals surface area contributed by atoms with Gasteiger partial charge in [-0.2, -0.15) is 4.98 Å². The monoisotopic (exact) mass is 449 g/mol. The number of carbonyl (C=O) groups excluding carboxylic acids is 1. The molecule has 33 heavy (non-hydrogen) atoms. The van der Waals surface area contributed by atoms with Crippen LogP contribution in [-0.2, 0) is 0 Å². The predicted molar refractivity (Wildman–Crippen MR) is 127 cm³/mol. The maximum absolute atomic E-state index is 12.9. The molecular weight excluding hydrogens is 418 g/mol. The molecule has 3 aromatic rings. The summed E-state index contributed by atoms with van der Waals surface area (Å²) in [6, 6.07) is 5.99. The van der Waals surface area contributed by atoms with Gasteiger partial charge in [-0.25, -0.2) is 9.97 Å². The molecule has 0 radical (unpaired) electrons. The zero-order chi connectivity index (χ0) is 22.8. The number of amides is 1. The van der Waals surface area contributed by atoms with E-state index in [0.717, 1.165) is 55.6 Å². The number of nitrogens with one attached hydrogen (secondary N) is 2. The first kappa shape index (κ1) is 21.6. The first-order chi connectivity index (χ1) is 16.1. The van der Waals surface area contributed by atoms with Gasteiger partial charge in [-0.1, -0.05) is 12.8 Å². The third kappa shape index (κ3) is 4.64. The second-order valence-electron chi connectivity index (χ2n) is 9.08. The Morgan fingerprint density at radius 1 is 1.12 bits per heavy atom. The average molecular weight is 450 g/mol. The summed E-state index contributed by atoms with van der Waals surface area (Å²) >= 11 is 0. The Bertz CT molecular complexity index is 1110. The number of carbonyl (C=O) groups is 1. The predicted octanol–water partition coefficient (Wildman–Crippen LogP) is 3.52. The van der Waals surface area contributed by atoms with Crippen LogP contribution in [0.15, 0.2) is 30.6 Å². The molecule has 2 N–H and O–H groups in total. The topological polar surface area (TPSA) is 97.2 Å². The van der Waals surface area contributed by atoms with Crippen LogP contribution in [0.3, 0.4) is 0 Å². The lowest BCUT2D eigenvalue weighted by Crippen LogP contribution is -2.34. The number of piperidine rings is 1. The molecule has 5 rings (SSSR count). The van der Waals surface area contributed by atoms with E-state index < -0.39 is 0 Å². The van der Waals surface area contributed by atoms with Crippen molar-refractivity contribution in [2.24, 2.45) is 0 Å². The minimum atomic E-state index is -0.0135. The normalized spacial score (nSPS) is 17.4. The van der Waals surface area contributed by atoms with Crippen molar-refractivity contribution >= 4 is 28.7 Å². The van der Waals surface area contributed by atoms with E-state index in [4.69, 9.17) is 9.72 Å². The van der Waals surface area contributed by atoms with Gasteiger partial charge in [0.1, 0.15) is 29.0 Å². The molecule has 1 saturated carbocycles. The van der Waals surface area contributed by atoms with Crippen molar-refractivity contribution in [3.63, 3.8) is 0 Å². The van der Waals surface area contributed by atoms with Gasteiger partial charge in [0.2, 0.25) is 5.95 Å². The van der Waals surface area contributed by atoms with Gasteiger partial charge >= 0.3 is 0 Å². The van der Waals surface area contributed by atoms with E-state index in [1.807, 2.05) is 18.2 Å². The maximum atomic E-state index is 12.9. The molecule has 0 unspecified atom stereocenters. The van der Waals surface area contributed by atoms with Gasteiger partial charge in [0.05, 0.1) is 6.20 Å². The van der Waals surface area contributed by atoms with E-state index in [-0.39, 0.29) is 18.1 Å². The number of nitrogens with zero attached hydrogens (tertiary/aromatic N) is 5. The molecule has 174 valence electrons. The number of anilines is 2. The van der Waals surface area contributed by atoms with Crippen molar-refractivity contribution in [3.8, 4) is 5.75 Å². The van der Waals surface area contributed by atoms with E-state index in [2.05, 4.69) is 25.2 Å². The Hall–Kier alpha value is -3.20. The van der Waals surface area contributed by atoms with Crippen LogP contribution in [0.1, 0.15) is 55.1 Å². The summed E-state index contributed by atoms with van der Waals surface area (Å²) in [5.41, 5.74) is 1.46. The van der Waals surface area contributed by atoms with Crippen molar-refractivity contribution in [3.05, 3.63) is 36.3 Å². The molecule has 3 aromatic heterocycles. The molecule has 1 aliphatic heterocycles. The van der Waals surface area contributed by atoms with E-state index >= 15 is 0 Å². The quantitative estimate of drug-likeness (QED) is 0.594. The molecule has 1 amide bonds. The molecule has 9 heteroatoms. The lowest BCUT2D eigenvalue weighted by Gasteiger charge is -2.23. The van der Waals surface area contributed by atoms with Crippen molar-refractivity contribution in [2.75, 3.05) is 32.5 Å².